The summed E-state index contributed by atoms with van der Waals surface area (Å²) in [4.78, 5) is 10.8. The second kappa shape index (κ2) is 6.95. The maximum atomic E-state index is 14.0. The van der Waals surface area contributed by atoms with Gasteiger partial charge in [0.25, 0.3) is 0 Å². The number of hydrogen-bond donors (Lipinski definition) is 1. The predicted molar refractivity (Wildman–Crippen MR) is 89.2 cm³/mol. The van der Waals surface area contributed by atoms with Gasteiger partial charge in [-0.3, -0.25) is 0 Å². The van der Waals surface area contributed by atoms with Crippen LogP contribution >= 0.6 is 22.6 Å². The summed E-state index contributed by atoms with van der Waals surface area (Å²) in [6, 6.07) is 4.69. The Bertz CT molecular complexity index is 767. The van der Waals surface area contributed by atoms with E-state index in [1.807, 2.05) is 22.6 Å². The van der Waals surface area contributed by atoms with Crippen LogP contribution in [0.4, 0.5) is 8.78 Å². The van der Waals surface area contributed by atoms with Gasteiger partial charge in [0.2, 0.25) is 0 Å². The van der Waals surface area contributed by atoms with Crippen LogP contribution in [-0.2, 0) is 0 Å². The summed E-state index contributed by atoms with van der Waals surface area (Å²) >= 11 is 1.93. The molecule has 0 spiro atoms. The highest BCUT2D eigenvalue weighted by Gasteiger charge is 2.20. The number of ether oxygens (including phenoxy) is 2. The second-order valence-electron chi connectivity index (χ2n) is 4.41. The third-order valence-electron chi connectivity index (χ3n) is 2.94. The van der Waals surface area contributed by atoms with Gasteiger partial charge in [0.05, 0.1) is 16.2 Å². The Morgan fingerprint density at radius 2 is 1.83 bits per heavy atom. The molecule has 2 rings (SSSR count). The molecule has 1 N–H and O–H groups in total. The Labute approximate surface area is 144 Å². The first kappa shape index (κ1) is 17.2. The molecule has 0 radical (unpaired) electrons. The van der Waals surface area contributed by atoms with E-state index >= 15 is 0 Å². The number of carboxylic acid groups (broad SMARTS) is 1. The zero-order valence-electron chi connectivity index (χ0n) is 11.9. The number of hydrogen-bond acceptors (Lipinski definition) is 3. The second-order valence-corrected chi connectivity index (χ2v) is 5.58. The van der Waals surface area contributed by atoms with Gasteiger partial charge in [0.1, 0.15) is 0 Å². The lowest BCUT2D eigenvalue weighted by Gasteiger charge is -2.14. The minimum absolute atomic E-state index is 0.125. The van der Waals surface area contributed by atoms with Gasteiger partial charge in [-0.1, -0.05) is 12.7 Å². The van der Waals surface area contributed by atoms with Crippen LogP contribution in [0.5, 0.6) is 17.2 Å². The summed E-state index contributed by atoms with van der Waals surface area (Å²) in [6.07, 6.45) is 1.59. The maximum Gasteiger partial charge on any atom is 0.335 e. The molecule has 0 saturated heterocycles. The molecule has 0 saturated carbocycles. The van der Waals surface area contributed by atoms with Crippen molar-refractivity contribution >= 4 is 34.6 Å². The fourth-order valence-corrected chi connectivity index (χ4v) is 2.58. The van der Waals surface area contributed by atoms with Gasteiger partial charge in [-0.15, -0.1) is 0 Å². The fraction of sp³-hybridized carbons (Fsp3) is 0.0625. The maximum absolute atomic E-state index is 14.0. The van der Waals surface area contributed by atoms with E-state index in [0.29, 0.717) is 15.7 Å². The zero-order valence-corrected chi connectivity index (χ0v) is 14.1. The highest BCUT2D eigenvalue weighted by molar-refractivity contribution is 14.1. The van der Waals surface area contributed by atoms with Crippen molar-refractivity contribution in [3.63, 3.8) is 0 Å². The van der Waals surface area contributed by atoms with E-state index in [9.17, 15) is 13.6 Å². The largest absolute Gasteiger partial charge is 0.493 e. The van der Waals surface area contributed by atoms with Gasteiger partial charge in [0.15, 0.2) is 28.9 Å². The SMILES string of the molecule is C=Cc1cc(I)c(Oc2c(F)cc(C(=O)O)cc2F)c(OC)c1. The van der Waals surface area contributed by atoms with Crippen LogP contribution < -0.4 is 9.47 Å². The van der Waals surface area contributed by atoms with Crippen molar-refractivity contribution in [2.45, 2.75) is 0 Å². The zero-order chi connectivity index (χ0) is 17.1. The average molecular weight is 432 g/mol. The standard InChI is InChI=1S/C16H11F2IO4/c1-3-8-4-12(19)15(13(5-8)22-2)23-14-10(17)6-9(16(20)21)7-11(14)18/h3-7H,1H2,2H3,(H,20,21). The van der Waals surface area contributed by atoms with Crippen LogP contribution in [0, 0.1) is 15.2 Å². The monoisotopic (exact) mass is 432 g/mol. The quantitative estimate of drug-likeness (QED) is 0.696. The average Bonchev–Trinajstić information content (AvgIpc) is 2.51. The van der Waals surface area contributed by atoms with Crippen LogP contribution in [0.2, 0.25) is 0 Å². The summed E-state index contributed by atoms with van der Waals surface area (Å²) in [5.74, 6) is -3.97. The first-order valence-electron chi connectivity index (χ1n) is 6.27. The number of methoxy groups -OCH3 is 1. The smallest absolute Gasteiger partial charge is 0.335 e. The van der Waals surface area contributed by atoms with Gasteiger partial charge in [-0.05, 0) is 52.4 Å². The Balaban J connectivity index is 2.51. The first-order chi connectivity index (χ1) is 10.9. The molecule has 0 aliphatic carbocycles. The molecule has 2 aromatic carbocycles. The Hall–Kier alpha value is -2.16. The number of carbonyl (C=O) groups is 1. The van der Waals surface area contributed by atoms with E-state index < -0.39 is 28.9 Å². The van der Waals surface area contributed by atoms with Crippen molar-refractivity contribution in [2.24, 2.45) is 0 Å². The number of halogens is 3. The minimum Gasteiger partial charge on any atom is -0.493 e. The molecule has 0 bridgehead atoms. The summed E-state index contributed by atoms with van der Waals surface area (Å²) in [6.45, 7) is 3.64. The lowest BCUT2D eigenvalue weighted by molar-refractivity contribution is 0.0695. The third-order valence-corrected chi connectivity index (χ3v) is 3.74. The van der Waals surface area contributed by atoms with Crippen molar-refractivity contribution in [3.05, 3.63) is 57.2 Å². The topological polar surface area (TPSA) is 55.8 Å². The van der Waals surface area contributed by atoms with E-state index in [-0.39, 0.29) is 11.5 Å². The molecular weight excluding hydrogens is 421 g/mol. The molecule has 0 unspecified atom stereocenters. The number of benzene rings is 2. The Morgan fingerprint density at radius 3 is 2.30 bits per heavy atom. The lowest BCUT2D eigenvalue weighted by Crippen LogP contribution is -2.02. The van der Waals surface area contributed by atoms with Crippen LogP contribution in [0.3, 0.4) is 0 Å². The molecule has 0 heterocycles. The van der Waals surface area contributed by atoms with E-state index in [2.05, 4.69) is 6.58 Å². The number of aromatic carboxylic acids is 1. The number of rotatable bonds is 5. The van der Waals surface area contributed by atoms with Crippen molar-refractivity contribution in [3.8, 4) is 17.2 Å². The molecule has 0 amide bonds. The van der Waals surface area contributed by atoms with Gasteiger partial charge < -0.3 is 14.6 Å². The van der Waals surface area contributed by atoms with Crippen molar-refractivity contribution < 1.29 is 28.2 Å². The van der Waals surface area contributed by atoms with Crippen molar-refractivity contribution in [1.29, 1.82) is 0 Å². The summed E-state index contributed by atoms with van der Waals surface area (Å²) in [5.41, 5.74) is 0.247. The van der Waals surface area contributed by atoms with Crippen molar-refractivity contribution in [2.75, 3.05) is 7.11 Å². The molecule has 7 heteroatoms. The predicted octanol–water partition coefficient (Wildman–Crippen LogP) is 4.71. The molecule has 2 aromatic rings. The van der Waals surface area contributed by atoms with Crippen molar-refractivity contribution in [1.82, 2.24) is 0 Å². The molecule has 23 heavy (non-hydrogen) atoms. The molecule has 0 aromatic heterocycles. The molecule has 0 aliphatic rings. The first-order valence-corrected chi connectivity index (χ1v) is 7.35. The summed E-state index contributed by atoms with van der Waals surface area (Å²) in [5, 5.41) is 8.79. The number of carboxylic acids is 1. The van der Waals surface area contributed by atoms with E-state index in [1.165, 1.54) is 7.11 Å². The fourth-order valence-electron chi connectivity index (χ4n) is 1.84. The lowest BCUT2D eigenvalue weighted by atomic mass is 10.2. The highest BCUT2D eigenvalue weighted by Crippen LogP contribution is 2.39. The molecular formula is C16H11F2IO4. The van der Waals surface area contributed by atoms with Crippen LogP contribution in [0.15, 0.2) is 30.8 Å². The van der Waals surface area contributed by atoms with Crippen LogP contribution in [-0.4, -0.2) is 18.2 Å². The van der Waals surface area contributed by atoms with E-state index in [4.69, 9.17) is 14.6 Å². The normalized spacial score (nSPS) is 10.3. The molecule has 0 fully saturated rings. The summed E-state index contributed by atoms with van der Waals surface area (Å²) in [7, 11) is 1.39. The van der Waals surface area contributed by atoms with Crippen LogP contribution in [0.25, 0.3) is 6.08 Å². The summed E-state index contributed by atoms with van der Waals surface area (Å²) < 4.78 is 39.0. The van der Waals surface area contributed by atoms with E-state index in [0.717, 1.165) is 5.56 Å². The molecule has 0 atom stereocenters. The van der Waals surface area contributed by atoms with Gasteiger partial charge in [0, 0.05) is 0 Å². The van der Waals surface area contributed by atoms with Gasteiger partial charge in [-0.25, -0.2) is 13.6 Å². The molecule has 0 aliphatic heterocycles. The highest BCUT2D eigenvalue weighted by atomic mass is 127. The van der Waals surface area contributed by atoms with Crippen LogP contribution in [0.1, 0.15) is 15.9 Å². The van der Waals surface area contributed by atoms with Gasteiger partial charge in [-0.2, -0.15) is 0 Å². The Morgan fingerprint density at radius 1 is 1.22 bits per heavy atom. The Kier molecular flexibility index (Phi) is 5.19. The third kappa shape index (κ3) is 3.61. The molecule has 4 nitrogen and oxygen atoms in total. The van der Waals surface area contributed by atoms with Gasteiger partial charge >= 0.3 is 5.97 Å². The molecule has 120 valence electrons. The minimum atomic E-state index is -1.43. The van der Waals surface area contributed by atoms with E-state index in [1.54, 1.807) is 18.2 Å².